The zero-order valence-corrected chi connectivity index (χ0v) is 32.8. The fourth-order valence-electron chi connectivity index (χ4n) is 7.13. The van der Waals surface area contributed by atoms with Crippen LogP contribution < -0.4 is 10.6 Å². The van der Waals surface area contributed by atoms with Crippen molar-refractivity contribution in [2.45, 2.75) is 103 Å². The second-order valence-corrected chi connectivity index (χ2v) is 15.1. The van der Waals surface area contributed by atoms with Gasteiger partial charge in [-0.1, -0.05) is 50.2 Å². The standard InChI is InChI=1S/C44H51N3O7S/c1-4-35(5-2)47(38(48)17-10-18-39(49)50)28-31-13-9-14-33(27-31)41(51)46-43-40(36-15-6-7-16-37(36)55-43)42(52)45-34-25-21-30(22-26-34)12-8-11-29-19-23-32(24-20-29)44(53)54-3/h9,13-14,19-27,35H,4-8,10-12,15-18,28H2,1-3H3,(H,45,52)(H,46,51)(H,49,50). The number of nitrogens with zero attached hydrogens (tertiary/aromatic N) is 1. The van der Waals surface area contributed by atoms with E-state index in [0.717, 1.165) is 84.9 Å². The van der Waals surface area contributed by atoms with Crippen molar-refractivity contribution in [3.8, 4) is 0 Å². The van der Waals surface area contributed by atoms with E-state index in [-0.39, 0.29) is 49.0 Å². The van der Waals surface area contributed by atoms with Gasteiger partial charge in [0.15, 0.2) is 0 Å². The van der Waals surface area contributed by atoms with Crippen LogP contribution in [0.3, 0.4) is 0 Å². The van der Waals surface area contributed by atoms with Gasteiger partial charge in [0.25, 0.3) is 11.8 Å². The van der Waals surface area contributed by atoms with Gasteiger partial charge in [-0.15, -0.1) is 11.3 Å². The normalized spacial score (nSPS) is 12.1. The first-order valence-electron chi connectivity index (χ1n) is 19.2. The molecule has 1 heterocycles. The average molecular weight is 766 g/mol. The Labute approximate surface area is 327 Å². The number of hydrogen-bond donors (Lipinski definition) is 3. The van der Waals surface area contributed by atoms with Crippen LogP contribution in [-0.2, 0) is 46.6 Å². The molecule has 0 saturated carbocycles. The summed E-state index contributed by atoms with van der Waals surface area (Å²) in [5.74, 6) is -1.96. The van der Waals surface area contributed by atoms with E-state index in [1.807, 2.05) is 56.3 Å². The van der Waals surface area contributed by atoms with E-state index >= 15 is 0 Å². The summed E-state index contributed by atoms with van der Waals surface area (Å²) in [6.07, 6.45) is 8.20. The maximum Gasteiger partial charge on any atom is 0.337 e. The predicted octanol–water partition coefficient (Wildman–Crippen LogP) is 8.87. The number of fused-ring (bicyclic) bond motifs is 1. The van der Waals surface area contributed by atoms with Gasteiger partial charge in [-0.2, -0.15) is 0 Å². The Morgan fingerprint density at radius 1 is 0.782 bits per heavy atom. The lowest BCUT2D eigenvalue weighted by molar-refractivity contribution is -0.137. The minimum Gasteiger partial charge on any atom is -0.481 e. The van der Waals surface area contributed by atoms with E-state index < -0.39 is 5.97 Å². The molecule has 3 amide bonds. The zero-order chi connectivity index (χ0) is 39.3. The molecule has 10 nitrogen and oxygen atoms in total. The maximum absolute atomic E-state index is 13.9. The van der Waals surface area contributed by atoms with Crippen molar-refractivity contribution in [3.63, 3.8) is 0 Å². The third kappa shape index (κ3) is 11.1. The quantitative estimate of drug-likeness (QED) is 0.0860. The van der Waals surface area contributed by atoms with Gasteiger partial charge in [0.2, 0.25) is 5.91 Å². The molecule has 0 radical (unpaired) electrons. The van der Waals surface area contributed by atoms with Crippen molar-refractivity contribution in [1.29, 1.82) is 0 Å². The van der Waals surface area contributed by atoms with E-state index in [4.69, 9.17) is 9.84 Å². The van der Waals surface area contributed by atoms with Crippen LogP contribution in [-0.4, -0.2) is 52.8 Å². The first kappa shape index (κ1) is 40.9. The van der Waals surface area contributed by atoms with Crippen LogP contribution in [0.5, 0.6) is 0 Å². The number of methoxy groups -OCH3 is 1. The largest absolute Gasteiger partial charge is 0.481 e. The molecule has 0 bridgehead atoms. The zero-order valence-electron chi connectivity index (χ0n) is 32.0. The third-order valence-corrected chi connectivity index (χ3v) is 11.4. The molecular formula is C44H51N3O7S. The molecule has 4 aromatic rings. The van der Waals surface area contributed by atoms with Gasteiger partial charge in [-0.05, 0) is 123 Å². The molecule has 1 aliphatic carbocycles. The van der Waals surface area contributed by atoms with Crippen LogP contribution in [0.1, 0.15) is 123 Å². The number of carbonyl (C=O) groups excluding carboxylic acids is 4. The van der Waals surface area contributed by atoms with Crippen LogP contribution in [0, 0.1) is 0 Å². The van der Waals surface area contributed by atoms with Crippen LogP contribution in [0.2, 0.25) is 0 Å². The van der Waals surface area contributed by atoms with E-state index in [1.165, 1.54) is 18.4 Å². The number of esters is 1. The summed E-state index contributed by atoms with van der Waals surface area (Å²) in [5.41, 5.74) is 6.23. The number of benzene rings is 3. The molecule has 55 heavy (non-hydrogen) atoms. The summed E-state index contributed by atoms with van der Waals surface area (Å²) in [6.45, 7) is 4.37. The summed E-state index contributed by atoms with van der Waals surface area (Å²) < 4.78 is 4.77. The van der Waals surface area contributed by atoms with Crippen molar-refractivity contribution in [2.24, 2.45) is 0 Å². The Hall–Kier alpha value is -5.29. The van der Waals surface area contributed by atoms with E-state index in [0.29, 0.717) is 33.9 Å². The highest BCUT2D eigenvalue weighted by Gasteiger charge is 2.27. The van der Waals surface area contributed by atoms with Crippen molar-refractivity contribution < 1.29 is 33.8 Å². The first-order chi connectivity index (χ1) is 26.6. The molecule has 11 heteroatoms. The van der Waals surface area contributed by atoms with Crippen molar-refractivity contribution >= 4 is 51.7 Å². The van der Waals surface area contributed by atoms with Gasteiger partial charge in [-0.3, -0.25) is 19.2 Å². The SMILES string of the molecule is CCC(CC)N(Cc1cccc(C(=O)Nc2sc3c(c2C(=O)Nc2ccc(CCCc4ccc(C(=O)OC)cc4)cc2)CCCC3)c1)C(=O)CCCC(=O)O. The van der Waals surface area contributed by atoms with Gasteiger partial charge in [0.05, 0.1) is 18.2 Å². The number of aliphatic carboxylic acids is 1. The molecule has 0 fully saturated rings. The van der Waals surface area contributed by atoms with Crippen molar-refractivity contribution in [3.05, 3.63) is 117 Å². The third-order valence-electron chi connectivity index (χ3n) is 10.2. The number of carboxylic acids is 1. The molecule has 290 valence electrons. The number of carboxylic acid groups (broad SMARTS) is 1. The minimum atomic E-state index is -0.923. The van der Waals surface area contributed by atoms with E-state index in [9.17, 15) is 24.0 Å². The average Bonchev–Trinajstić information content (AvgIpc) is 3.56. The molecule has 0 aliphatic heterocycles. The van der Waals surface area contributed by atoms with Crippen LogP contribution in [0.4, 0.5) is 10.7 Å². The Kier molecular flexibility index (Phi) is 14.8. The molecule has 3 aromatic carbocycles. The fraction of sp³-hybridized carbons (Fsp3) is 0.386. The minimum absolute atomic E-state index is 0.00498. The number of thiophene rings is 1. The molecule has 1 aliphatic rings. The topological polar surface area (TPSA) is 142 Å². The molecule has 0 unspecified atom stereocenters. The number of ether oxygens (including phenoxy) is 1. The Bertz CT molecular complexity index is 1970. The van der Waals surface area contributed by atoms with Crippen molar-refractivity contribution in [2.75, 3.05) is 17.7 Å². The highest BCUT2D eigenvalue weighted by molar-refractivity contribution is 7.17. The van der Waals surface area contributed by atoms with Gasteiger partial charge in [0, 0.05) is 41.6 Å². The number of anilines is 2. The van der Waals surface area contributed by atoms with E-state index in [1.54, 1.807) is 35.2 Å². The van der Waals surface area contributed by atoms with Gasteiger partial charge in [0.1, 0.15) is 5.00 Å². The number of hydrogen-bond acceptors (Lipinski definition) is 7. The van der Waals surface area contributed by atoms with Crippen LogP contribution in [0.15, 0.2) is 72.8 Å². The van der Waals surface area contributed by atoms with Crippen molar-refractivity contribution in [1.82, 2.24) is 4.90 Å². The highest BCUT2D eigenvalue weighted by Crippen LogP contribution is 2.39. The molecule has 0 saturated heterocycles. The number of nitrogens with one attached hydrogen (secondary N) is 2. The number of aryl methyl sites for hydroxylation is 3. The summed E-state index contributed by atoms with van der Waals surface area (Å²) in [4.78, 5) is 66.5. The molecular weight excluding hydrogens is 715 g/mol. The Balaban J connectivity index is 1.24. The molecule has 5 rings (SSSR count). The second-order valence-electron chi connectivity index (χ2n) is 14.0. The predicted molar refractivity (Wildman–Crippen MR) is 216 cm³/mol. The summed E-state index contributed by atoms with van der Waals surface area (Å²) in [6, 6.07) is 22.5. The van der Waals surface area contributed by atoms with Crippen LogP contribution >= 0.6 is 11.3 Å². The summed E-state index contributed by atoms with van der Waals surface area (Å²) >= 11 is 1.46. The highest BCUT2D eigenvalue weighted by atomic mass is 32.1. The molecule has 0 spiro atoms. The fourth-order valence-corrected chi connectivity index (χ4v) is 8.41. The Morgan fingerprint density at radius 3 is 2.11 bits per heavy atom. The molecule has 3 N–H and O–H groups in total. The lowest BCUT2D eigenvalue weighted by Gasteiger charge is -2.31. The lowest BCUT2D eigenvalue weighted by Crippen LogP contribution is -2.39. The second kappa shape index (κ2) is 19.9. The first-order valence-corrected chi connectivity index (χ1v) is 20.0. The monoisotopic (exact) mass is 765 g/mol. The van der Waals surface area contributed by atoms with Gasteiger partial charge >= 0.3 is 11.9 Å². The molecule has 0 atom stereocenters. The number of amides is 3. The summed E-state index contributed by atoms with van der Waals surface area (Å²) in [7, 11) is 1.37. The number of carbonyl (C=O) groups is 5. The number of rotatable bonds is 18. The smallest absolute Gasteiger partial charge is 0.337 e. The van der Waals surface area contributed by atoms with Gasteiger partial charge < -0.3 is 25.4 Å². The summed E-state index contributed by atoms with van der Waals surface area (Å²) in [5, 5.41) is 15.7. The van der Waals surface area contributed by atoms with E-state index in [2.05, 4.69) is 10.6 Å². The van der Waals surface area contributed by atoms with Gasteiger partial charge in [-0.25, -0.2) is 4.79 Å². The lowest BCUT2D eigenvalue weighted by atomic mass is 9.95. The Morgan fingerprint density at radius 2 is 1.45 bits per heavy atom. The molecule has 1 aromatic heterocycles. The van der Waals surface area contributed by atoms with Crippen LogP contribution in [0.25, 0.3) is 0 Å². The maximum atomic E-state index is 13.9.